The van der Waals surface area contributed by atoms with Crippen molar-refractivity contribution in [2.24, 2.45) is 5.41 Å². The predicted molar refractivity (Wildman–Crippen MR) is 88.2 cm³/mol. The molecular weight excluding hydrogens is 242 g/mol. The van der Waals surface area contributed by atoms with Gasteiger partial charge in [0.25, 0.3) is 0 Å². The van der Waals surface area contributed by atoms with Gasteiger partial charge >= 0.3 is 0 Å². The number of fused-ring (bicyclic) bond motifs is 1. The van der Waals surface area contributed by atoms with Gasteiger partial charge in [0.05, 0.1) is 0 Å². The molecule has 1 aliphatic heterocycles. The molecule has 1 aromatic carbocycles. The lowest BCUT2D eigenvalue weighted by Gasteiger charge is -2.29. The minimum Gasteiger partial charge on any atom is -0.369 e. The van der Waals surface area contributed by atoms with Crippen LogP contribution in [-0.2, 0) is 6.42 Å². The molecule has 2 rings (SSSR count). The Morgan fingerprint density at radius 2 is 1.90 bits per heavy atom. The Balaban J connectivity index is 2.46. The monoisotopic (exact) mass is 269 g/mol. The van der Waals surface area contributed by atoms with E-state index in [1.54, 1.807) is 0 Å². The first kappa shape index (κ1) is 15.0. The molecule has 1 nitrogen and oxygen atoms in total. The van der Waals surface area contributed by atoms with Gasteiger partial charge in [0.1, 0.15) is 0 Å². The zero-order valence-electron chi connectivity index (χ0n) is 13.6. The highest BCUT2D eigenvalue weighted by atomic mass is 15.2. The third-order valence-electron chi connectivity index (χ3n) is 3.73. The van der Waals surface area contributed by atoms with Crippen molar-refractivity contribution in [3.8, 4) is 11.8 Å². The van der Waals surface area contributed by atoms with Gasteiger partial charge in [-0.05, 0) is 71.6 Å². The smallest absolute Gasteiger partial charge is 0.0413 e. The van der Waals surface area contributed by atoms with Crippen molar-refractivity contribution in [2.75, 3.05) is 11.4 Å². The van der Waals surface area contributed by atoms with Gasteiger partial charge in [0, 0.05) is 29.3 Å². The maximum absolute atomic E-state index is 3.42. The van der Waals surface area contributed by atoms with E-state index in [2.05, 4.69) is 69.6 Å². The molecule has 0 atom stereocenters. The standard InChI is InChI=1S/C19H27N/c1-15(2)20-14-7-6-10-17-16(9-8-11-18(17)20)12-13-19(3,4)5/h8-9,11,15H,6-7,10,14H2,1-5H3. The molecule has 0 N–H and O–H groups in total. The maximum Gasteiger partial charge on any atom is 0.0413 e. The Morgan fingerprint density at radius 3 is 2.55 bits per heavy atom. The molecular formula is C19H27N. The number of anilines is 1. The lowest BCUT2D eigenvalue weighted by molar-refractivity contribution is 0.571. The maximum atomic E-state index is 3.42. The van der Waals surface area contributed by atoms with Gasteiger partial charge in [-0.3, -0.25) is 0 Å². The molecule has 1 heteroatoms. The summed E-state index contributed by atoms with van der Waals surface area (Å²) in [6.45, 7) is 12.2. The first-order valence-corrected chi connectivity index (χ1v) is 7.80. The van der Waals surface area contributed by atoms with Gasteiger partial charge in [0.15, 0.2) is 0 Å². The molecule has 20 heavy (non-hydrogen) atoms. The summed E-state index contributed by atoms with van der Waals surface area (Å²) in [5, 5.41) is 0. The molecule has 0 saturated carbocycles. The van der Waals surface area contributed by atoms with Crippen molar-refractivity contribution in [1.29, 1.82) is 0 Å². The van der Waals surface area contributed by atoms with Crippen LogP contribution in [0.25, 0.3) is 0 Å². The van der Waals surface area contributed by atoms with Gasteiger partial charge in [-0.15, -0.1) is 0 Å². The van der Waals surface area contributed by atoms with Crippen LogP contribution in [0.3, 0.4) is 0 Å². The number of nitrogens with zero attached hydrogens (tertiary/aromatic N) is 1. The summed E-state index contributed by atoms with van der Waals surface area (Å²) in [4.78, 5) is 2.53. The second-order valence-corrected chi connectivity index (χ2v) is 7.05. The average Bonchev–Trinajstić information content (AvgIpc) is 2.57. The normalized spacial score (nSPS) is 15.4. The Labute approximate surface area is 124 Å². The van der Waals surface area contributed by atoms with Crippen molar-refractivity contribution in [1.82, 2.24) is 0 Å². The first-order chi connectivity index (χ1) is 9.38. The van der Waals surface area contributed by atoms with E-state index in [1.807, 2.05) is 0 Å². The second kappa shape index (κ2) is 5.92. The molecule has 1 heterocycles. The molecule has 0 aliphatic carbocycles. The van der Waals surface area contributed by atoms with E-state index < -0.39 is 0 Å². The fourth-order valence-electron chi connectivity index (χ4n) is 2.72. The van der Waals surface area contributed by atoms with E-state index in [1.165, 1.54) is 36.2 Å². The van der Waals surface area contributed by atoms with E-state index >= 15 is 0 Å². The average molecular weight is 269 g/mol. The third-order valence-corrected chi connectivity index (χ3v) is 3.73. The molecule has 0 radical (unpaired) electrons. The fraction of sp³-hybridized carbons (Fsp3) is 0.579. The third kappa shape index (κ3) is 3.57. The largest absolute Gasteiger partial charge is 0.369 e. The minimum atomic E-state index is 0.0607. The van der Waals surface area contributed by atoms with Gasteiger partial charge in [-0.25, -0.2) is 0 Å². The lowest BCUT2D eigenvalue weighted by Crippen LogP contribution is -2.31. The second-order valence-electron chi connectivity index (χ2n) is 7.05. The highest BCUT2D eigenvalue weighted by Crippen LogP contribution is 2.30. The summed E-state index contributed by atoms with van der Waals surface area (Å²) in [5.74, 6) is 6.81. The zero-order valence-corrected chi connectivity index (χ0v) is 13.6. The Bertz CT molecular complexity index is 523. The van der Waals surface area contributed by atoms with Crippen LogP contribution in [0, 0.1) is 17.3 Å². The molecule has 0 spiro atoms. The Morgan fingerprint density at radius 1 is 1.15 bits per heavy atom. The Hall–Kier alpha value is -1.42. The number of rotatable bonds is 1. The highest BCUT2D eigenvalue weighted by molar-refractivity contribution is 5.62. The topological polar surface area (TPSA) is 3.24 Å². The first-order valence-electron chi connectivity index (χ1n) is 7.80. The number of benzene rings is 1. The van der Waals surface area contributed by atoms with Gasteiger partial charge < -0.3 is 4.90 Å². The lowest BCUT2D eigenvalue weighted by atomic mass is 9.95. The summed E-state index contributed by atoms with van der Waals surface area (Å²) in [6.07, 6.45) is 3.71. The molecule has 0 amide bonds. The van der Waals surface area contributed by atoms with Crippen molar-refractivity contribution in [3.63, 3.8) is 0 Å². The molecule has 108 valence electrons. The summed E-state index contributed by atoms with van der Waals surface area (Å²) < 4.78 is 0. The van der Waals surface area contributed by atoms with Crippen LogP contribution in [0.15, 0.2) is 18.2 Å². The fourth-order valence-corrected chi connectivity index (χ4v) is 2.72. The van der Waals surface area contributed by atoms with E-state index in [-0.39, 0.29) is 5.41 Å². The summed E-state index contributed by atoms with van der Waals surface area (Å²) in [5.41, 5.74) is 4.14. The SMILES string of the molecule is CC(C)N1CCCCc2c(C#CC(C)(C)C)cccc21. The quantitative estimate of drug-likeness (QED) is 0.672. The van der Waals surface area contributed by atoms with Crippen LogP contribution in [0.1, 0.15) is 58.6 Å². The van der Waals surface area contributed by atoms with Gasteiger partial charge in [-0.2, -0.15) is 0 Å². The van der Waals surface area contributed by atoms with Crippen molar-refractivity contribution >= 4 is 5.69 Å². The summed E-state index contributed by atoms with van der Waals surface area (Å²) in [7, 11) is 0. The van der Waals surface area contributed by atoms with E-state index in [9.17, 15) is 0 Å². The number of hydrogen-bond acceptors (Lipinski definition) is 1. The molecule has 0 bridgehead atoms. The molecule has 1 aliphatic rings. The molecule has 0 fully saturated rings. The zero-order chi connectivity index (χ0) is 14.8. The van der Waals surface area contributed by atoms with Crippen LogP contribution < -0.4 is 4.90 Å². The summed E-state index contributed by atoms with van der Waals surface area (Å²) >= 11 is 0. The van der Waals surface area contributed by atoms with Crippen LogP contribution in [0.5, 0.6) is 0 Å². The van der Waals surface area contributed by atoms with Crippen LogP contribution in [0.4, 0.5) is 5.69 Å². The minimum absolute atomic E-state index is 0.0607. The van der Waals surface area contributed by atoms with Crippen molar-refractivity contribution in [2.45, 2.75) is 59.9 Å². The molecule has 0 aromatic heterocycles. The van der Waals surface area contributed by atoms with Crippen molar-refractivity contribution < 1.29 is 0 Å². The van der Waals surface area contributed by atoms with Crippen LogP contribution >= 0.6 is 0 Å². The van der Waals surface area contributed by atoms with Crippen LogP contribution in [0.2, 0.25) is 0 Å². The van der Waals surface area contributed by atoms with E-state index in [4.69, 9.17) is 0 Å². The number of hydrogen-bond donors (Lipinski definition) is 0. The Kier molecular flexibility index (Phi) is 4.43. The van der Waals surface area contributed by atoms with E-state index in [0.29, 0.717) is 6.04 Å². The summed E-state index contributed by atoms with van der Waals surface area (Å²) in [6, 6.07) is 7.16. The molecule has 0 unspecified atom stereocenters. The molecule has 0 saturated heterocycles. The van der Waals surface area contributed by atoms with Crippen LogP contribution in [-0.4, -0.2) is 12.6 Å². The van der Waals surface area contributed by atoms with Gasteiger partial charge in [-0.1, -0.05) is 17.9 Å². The van der Waals surface area contributed by atoms with Crippen molar-refractivity contribution in [3.05, 3.63) is 29.3 Å². The highest BCUT2D eigenvalue weighted by Gasteiger charge is 2.19. The predicted octanol–water partition coefficient (Wildman–Crippen LogP) is 4.64. The molecule has 1 aromatic rings. The van der Waals surface area contributed by atoms with Gasteiger partial charge in [0.2, 0.25) is 0 Å². The van der Waals surface area contributed by atoms with E-state index in [0.717, 1.165) is 6.42 Å².